The van der Waals surface area contributed by atoms with Crippen molar-refractivity contribution < 1.29 is 5.21 Å². The van der Waals surface area contributed by atoms with E-state index in [4.69, 9.17) is 10.9 Å². The van der Waals surface area contributed by atoms with E-state index in [1.807, 2.05) is 26.2 Å². The predicted molar refractivity (Wildman–Crippen MR) is 72.7 cm³/mol. The molecule has 0 spiro atoms. The monoisotopic (exact) mass is 252 g/mol. The van der Waals surface area contributed by atoms with Gasteiger partial charge < -0.3 is 15.5 Å². The topological polar surface area (TPSA) is 76.4 Å². The molecule has 102 valence electrons. The highest BCUT2D eigenvalue weighted by Gasteiger charge is 2.23. The molecule has 18 heavy (non-hydrogen) atoms. The number of hydrogen-bond donors (Lipinski definition) is 2. The second-order valence-corrected chi connectivity index (χ2v) is 5.61. The second kappa shape index (κ2) is 5.89. The summed E-state index contributed by atoms with van der Waals surface area (Å²) in [5.41, 5.74) is 5.40. The van der Waals surface area contributed by atoms with Crippen LogP contribution in [0.4, 0.5) is 0 Å². The minimum absolute atomic E-state index is 0.271. The first-order valence-electron chi connectivity index (χ1n) is 6.37. The molecule has 0 radical (unpaired) electrons. The normalized spacial score (nSPS) is 13.3. The van der Waals surface area contributed by atoms with Crippen LogP contribution in [0.5, 0.6) is 0 Å². The summed E-state index contributed by atoms with van der Waals surface area (Å²) >= 11 is 0. The molecule has 0 amide bonds. The molecule has 0 fully saturated rings. The fraction of sp³-hybridized carbons (Fsp3) is 0.692. The van der Waals surface area contributed by atoms with Gasteiger partial charge in [-0.1, -0.05) is 32.9 Å². The smallest absolute Gasteiger partial charge is 0.144 e. The van der Waals surface area contributed by atoms with Crippen LogP contribution in [0.2, 0.25) is 0 Å². The van der Waals surface area contributed by atoms with Gasteiger partial charge in [0.05, 0.1) is 0 Å². The predicted octanol–water partition coefficient (Wildman–Crippen LogP) is 2.56. The number of rotatable bonds is 6. The van der Waals surface area contributed by atoms with Gasteiger partial charge in [-0.05, 0) is 12.8 Å². The van der Waals surface area contributed by atoms with E-state index in [0.29, 0.717) is 5.92 Å². The first-order chi connectivity index (χ1) is 8.38. The maximum Gasteiger partial charge on any atom is 0.144 e. The van der Waals surface area contributed by atoms with E-state index in [1.54, 1.807) is 0 Å². The summed E-state index contributed by atoms with van der Waals surface area (Å²) in [6.07, 6.45) is 5.69. The van der Waals surface area contributed by atoms with E-state index in [2.05, 4.69) is 28.6 Å². The maximum absolute atomic E-state index is 8.72. The van der Waals surface area contributed by atoms with Gasteiger partial charge in [0, 0.05) is 30.3 Å². The third-order valence-electron chi connectivity index (χ3n) is 3.27. The van der Waals surface area contributed by atoms with Gasteiger partial charge in [-0.2, -0.15) is 0 Å². The summed E-state index contributed by atoms with van der Waals surface area (Å²) in [4.78, 5) is 4.36. The molecule has 0 bridgehead atoms. The summed E-state index contributed by atoms with van der Waals surface area (Å²) < 4.78 is 2.17. The zero-order valence-electron chi connectivity index (χ0n) is 11.7. The van der Waals surface area contributed by atoms with Crippen molar-refractivity contribution in [2.24, 2.45) is 16.3 Å². The van der Waals surface area contributed by atoms with Crippen molar-refractivity contribution in [3.63, 3.8) is 0 Å². The molecule has 5 nitrogen and oxygen atoms in total. The number of nitrogens with two attached hydrogens (primary N) is 1. The third kappa shape index (κ3) is 3.48. The molecule has 1 heterocycles. The van der Waals surface area contributed by atoms with Gasteiger partial charge in [0.15, 0.2) is 0 Å². The molecular weight excluding hydrogens is 228 g/mol. The second-order valence-electron chi connectivity index (χ2n) is 5.61. The Labute approximate surface area is 109 Å². The Morgan fingerprint density at radius 1 is 1.56 bits per heavy atom. The molecule has 0 aliphatic carbocycles. The highest BCUT2D eigenvalue weighted by atomic mass is 16.4. The van der Waals surface area contributed by atoms with Crippen LogP contribution in [0.15, 0.2) is 17.5 Å². The Balaban J connectivity index is 2.54. The van der Waals surface area contributed by atoms with Crippen LogP contribution < -0.4 is 5.73 Å². The number of amidine groups is 1. The number of aromatic nitrogens is 2. The van der Waals surface area contributed by atoms with E-state index in [1.165, 1.54) is 0 Å². The molecule has 5 heteroatoms. The summed E-state index contributed by atoms with van der Waals surface area (Å²) in [6.45, 7) is 9.16. The number of oxime groups is 1. The van der Waals surface area contributed by atoms with Gasteiger partial charge >= 0.3 is 0 Å². The first-order valence-corrected chi connectivity index (χ1v) is 6.37. The fourth-order valence-corrected chi connectivity index (χ4v) is 1.97. The summed E-state index contributed by atoms with van der Waals surface area (Å²) in [5.74, 6) is 1.82. The summed E-state index contributed by atoms with van der Waals surface area (Å²) in [5, 5.41) is 11.8. The van der Waals surface area contributed by atoms with E-state index < -0.39 is 0 Å². The first kappa shape index (κ1) is 14.5. The van der Waals surface area contributed by atoms with Crippen LogP contribution in [-0.4, -0.2) is 20.6 Å². The molecule has 0 atom stereocenters. The molecule has 1 aromatic rings. The Morgan fingerprint density at radius 3 is 2.78 bits per heavy atom. The van der Waals surface area contributed by atoms with Crippen molar-refractivity contribution in [2.75, 3.05) is 0 Å². The highest BCUT2D eigenvalue weighted by molar-refractivity contribution is 5.85. The summed E-state index contributed by atoms with van der Waals surface area (Å²) in [6, 6.07) is 0. The maximum atomic E-state index is 8.72. The van der Waals surface area contributed by atoms with Crippen LogP contribution in [0.3, 0.4) is 0 Å². The lowest BCUT2D eigenvalue weighted by Gasteiger charge is -2.23. The lowest BCUT2D eigenvalue weighted by atomic mass is 9.86. The SMILES string of the molecule is CC(C)c1nccn1CCCC(C)(C)C(N)=NO. The fourth-order valence-electron chi connectivity index (χ4n) is 1.97. The van der Waals surface area contributed by atoms with E-state index in [0.717, 1.165) is 25.2 Å². The summed E-state index contributed by atoms with van der Waals surface area (Å²) in [7, 11) is 0. The lowest BCUT2D eigenvalue weighted by Crippen LogP contribution is -2.32. The Hall–Kier alpha value is -1.52. The van der Waals surface area contributed by atoms with Gasteiger partial charge in [0.1, 0.15) is 11.7 Å². The Morgan fingerprint density at radius 2 is 2.22 bits per heavy atom. The van der Waals surface area contributed by atoms with Crippen molar-refractivity contribution >= 4 is 5.84 Å². The largest absolute Gasteiger partial charge is 0.409 e. The van der Waals surface area contributed by atoms with Gasteiger partial charge in [0.2, 0.25) is 0 Å². The standard InChI is InChI=1S/C13H24N4O/c1-10(2)11-15-7-9-17(11)8-5-6-13(3,4)12(14)16-18/h7,9-10,18H,5-6,8H2,1-4H3,(H2,14,16). The van der Waals surface area contributed by atoms with Crippen molar-refractivity contribution in [3.8, 4) is 0 Å². The lowest BCUT2D eigenvalue weighted by molar-refractivity contribution is 0.303. The molecule has 0 saturated heterocycles. The third-order valence-corrected chi connectivity index (χ3v) is 3.27. The van der Waals surface area contributed by atoms with Crippen molar-refractivity contribution in [1.82, 2.24) is 9.55 Å². The zero-order chi connectivity index (χ0) is 13.8. The molecule has 3 N–H and O–H groups in total. The number of hydrogen-bond acceptors (Lipinski definition) is 3. The van der Waals surface area contributed by atoms with Crippen LogP contribution in [0.1, 0.15) is 52.3 Å². The van der Waals surface area contributed by atoms with E-state index in [9.17, 15) is 0 Å². The van der Waals surface area contributed by atoms with E-state index >= 15 is 0 Å². The molecule has 0 unspecified atom stereocenters. The number of imidazole rings is 1. The van der Waals surface area contributed by atoms with Crippen molar-refractivity contribution in [3.05, 3.63) is 18.2 Å². The van der Waals surface area contributed by atoms with E-state index in [-0.39, 0.29) is 11.3 Å². The van der Waals surface area contributed by atoms with Gasteiger partial charge in [-0.15, -0.1) is 0 Å². The van der Waals surface area contributed by atoms with Crippen LogP contribution >= 0.6 is 0 Å². The molecule has 0 aliphatic rings. The molecular formula is C13H24N4O. The van der Waals surface area contributed by atoms with Gasteiger partial charge in [-0.25, -0.2) is 4.98 Å². The van der Waals surface area contributed by atoms with Gasteiger partial charge in [-0.3, -0.25) is 0 Å². The molecule has 1 rings (SSSR count). The highest BCUT2D eigenvalue weighted by Crippen LogP contribution is 2.23. The van der Waals surface area contributed by atoms with Gasteiger partial charge in [0.25, 0.3) is 0 Å². The quantitative estimate of drug-likeness (QED) is 0.353. The zero-order valence-corrected chi connectivity index (χ0v) is 11.7. The Bertz CT molecular complexity index is 407. The minimum atomic E-state index is -0.271. The average molecular weight is 252 g/mol. The van der Waals surface area contributed by atoms with Crippen LogP contribution in [0.25, 0.3) is 0 Å². The Kier molecular flexibility index (Phi) is 4.76. The number of aryl methyl sites for hydroxylation is 1. The molecule has 1 aromatic heterocycles. The molecule has 0 aromatic carbocycles. The molecule has 0 saturated carbocycles. The minimum Gasteiger partial charge on any atom is -0.409 e. The van der Waals surface area contributed by atoms with Crippen molar-refractivity contribution in [2.45, 2.75) is 53.0 Å². The van der Waals surface area contributed by atoms with Crippen molar-refractivity contribution in [1.29, 1.82) is 0 Å². The van der Waals surface area contributed by atoms with Crippen LogP contribution in [-0.2, 0) is 6.54 Å². The molecule has 0 aliphatic heterocycles. The number of nitrogens with zero attached hydrogens (tertiary/aromatic N) is 3. The average Bonchev–Trinajstić information content (AvgIpc) is 2.76. The van der Waals surface area contributed by atoms with Crippen LogP contribution in [0, 0.1) is 5.41 Å².